The molecule has 0 atom stereocenters. The first-order valence-electron chi connectivity index (χ1n) is 4.54. The monoisotopic (exact) mass is 248 g/mol. The third-order valence-electron chi connectivity index (χ3n) is 1.92. The van der Waals surface area contributed by atoms with Gasteiger partial charge in [-0.25, -0.2) is 4.39 Å². The van der Waals surface area contributed by atoms with Gasteiger partial charge in [0, 0.05) is 12.1 Å². The zero-order valence-corrected chi connectivity index (χ0v) is 8.81. The molecular weight excluding hydrogens is 243 g/mol. The lowest BCUT2D eigenvalue weighted by Crippen LogP contribution is -2.12. The van der Waals surface area contributed by atoms with E-state index < -0.39 is 40.0 Å². The number of nitro groups is 1. The fourth-order valence-electron chi connectivity index (χ4n) is 1.16. The van der Waals surface area contributed by atoms with Gasteiger partial charge in [0.1, 0.15) is 24.0 Å². The van der Waals surface area contributed by atoms with Crippen molar-refractivity contribution in [2.75, 3.05) is 5.32 Å². The predicted molar refractivity (Wildman–Crippen MR) is 56.6 cm³/mol. The van der Waals surface area contributed by atoms with Gasteiger partial charge in [0.15, 0.2) is 0 Å². The number of nitro benzene ring substituents is 1. The number of nitrogens with zero attached hydrogens (tertiary/aromatic N) is 3. The van der Waals surface area contributed by atoms with Gasteiger partial charge in [-0.3, -0.25) is 14.9 Å². The molecule has 0 radical (unpaired) electrons. The molecule has 0 fully saturated rings. The van der Waals surface area contributed by atoms with Crippen LogP contribution in [0.2, 0.25) is 0 Å². The van der Waals surface area contributed by atoms with E-state index in [0.717, 1.165) is 6.07 Å². The van der Waals surface area contributed by atoms with Crippen LogP contribution in [0.25, 0.3) is 0 Å². The van der Waals surface area contributed by atoms with E-state index in [1.165, 1.54) is 6.07 Å². The number of nitrogens with one attached hydrogen (secondary N) is 1. The predicted octanol–water partition coefficient (Wildman–Crippen LogP) is 1.46. The number of halogens is 1. The van der Waals surface area contributed by atoms with E-state index in [2.05, 4.69) is 0 Å². The zero-order valence-electron chi connectivity index (χ0n) is 8.81. The number of carbonyl (C=O) groups excluding carboxylic acids is 1. The summed E-state index contributed by atoms with van der Waals surface area (Å²) < 4.78 is 13.3. The molecule has 0 aromatic heterocycles. The van der Waals surface area contributed by atoms with E-state index >= 15 is 0 Å². The largest absolute Gasteiger partial charge is 0.319 e. The van der Waals surface area contributed by atoms with E-state index in [4.69, 9.17) is 10.5 Å². The third-order valence-corrected chi connectivity index (χ3v) is 1.92. The van der Waals surface area contributed by atoms with Crippen LogP contribution in [0.5, 0.6) is 0 Å². The summed E-state index contributed by atoms with van der Waals surface area (Å²) in [5.41, 5.74) is -1.50. The molecule has 1 amide bonds. The van der Waals surface area contributed by atoms with Gasteiger partial charge in [-0.2, -0.15) is 10.5 Å². The van der Waals surface area contributed by atoms with Crippen molar-refractivity contribution >= 4 is 17.3 Å². The lowest BCUT2D eigenvalue weighted by molar-refractivity contribution is -0.384. The van der Waals surface area contributed by atoms with Crippen LogP contribution in [0, 0.1) is 38.6 Å². The third kappa shape index (κ3) is 2.77. The molecular formula is C10H5FN4O3. The molecule has 0 aliphatic heterocycles. The average Bonchev–Trinajstić information content (AvgIpc) is 2.29. The lowest BCUT2D eigenvalue weighted by Gasteiger charge is -2.04. The Morgan fingerprint density at radius 1 is 1.50 bits per heavy atom. The van der Waals surface area contributed by atoms with E-state index in [-0.39, 0.29) is 0 Å². The van der Waals surface area contributed by atoms with Gasteiger partial charge in [-0.1, -0.05) is 0 Å². The Balaban J connectivity index is 3.23. The zero-order chi connectivity index (χ0) is 13.7. The van der Waals surface area contributed by atoms with Gasteiger partial charge in [0.2, 0.25) is 5.91 Å². The molecule has 0 aliphatic rings. The summed E-state index contributed by atoms with van der Waals surface area (Å²) in [5, 5.41) is 29.5. The molecule has 1 rings (SSSR count). The topological polar surface area (TPSA) is 120 Å². The second-order valence-corrected chi connectivity index (χ2v) is 3.10. The first kappa shape index (κ1) is 13.1. The molecule has 1 aromatic rings. The number of anilines is 1. The summed E-state index contributed by atoms with van der Waals surface area (Å²) in [4.78, 5) is 20.9. The molecule has 0 saturated carbocycles. The summed E-state index contributed by atoms with van der Waals surface area (Å²) >= 11 is 0. The minimum Gasteiger partial charge on any atom is -0.319 e. The molecule has 0 bridgehead atoms. The quantitative estimate of drug-likeness (QED) is 0.641. The standard InChI is InChI=1S/C10H5FN4O3/c11-7-4-8(14-10(16)1-2-12)9(15(17)18)3-6(7)5-13/h3-4H,1H2,(H,14,16). The number of hydrogen-bond acceptors (Lipinski definition) is 5. The molecule has 0 aliphatic carbocycles. The smallest absolute Gasteiger partial charge is 0.294 e. The lowest BCUT2D eigenvalue weighted by atomic mass is 10.1. The first-order chi connectivity index (χ1) is 8.49. The number of benzene rings is 1. The highest BCUT2D eigenvalue weighted by atomic mass is 19.1. The number of carbonyl (C=O) groups is 1. The Labute approximate surface area is 100 Å². The summed E-state index contributed by atoms with van der Waals surface area (Å²) in [6, 6.07) is 4.39. The Morgan fingerprint density at radius 2 is 2.17 bits per heavy atom. The minimum atomic E-state index is -0.990. The molecule has 0 spiro atoms. The molecule has 1 aromatic carbocycles. The van der Waals surface area contributed by atoms with Gasteiger partial charge in [0.05, 0.1) is 16.6 Å². The van der Waals surface area contributed by atoms with Crippen LogP contribution in [0.3, 0.4) is 0 Å². The van der Waals surface area contributed by atoms with E-state index in [1.54, 1.807) is 6.07 Å². The van der Waals surface area contributed by atoms with E-state index in [0.29, 0.717) is 6.07 Å². The second kappa shape index (κ2) is 5.37. The Bertz CT molecular complexity index is 600. The molecule has 7 nitrogen and oxygen atoms in total. The van der Waals surface area contributed by atoms with E-state index in [1.807, 2.05) is 5.32 Å². The number of hydrogen-bond donors (Lipinski definition) is 1. The summed E-state index contributed by atoms with van der Waals surface area (Å²) in [6.45, 7) is 0. The van der Waals surface area contributed by atoms with Gasteiger partial charge < -0.3 is 5.32 Å². The highest BCUT2D eigenvalue weighted by Crippen LogP contribution is 2.27. The summed E-state index contributed by atoms with van der Waals surface area (Å²) in [6.07, 6.45) is -0.515. The molecule has 0 saturated heterocycles. The van der Waals surface area contributed by atoms with Crippen molar-refractivity contribution < 1.29 is 14.1 Å². The maximum atomic E-state index is 13.3. The first-order valence-corrected chi connectivity index (χ1v) is 4.54. The minimum absolute atomic E-state index is 0.392. The normalized spacial score (nSPS) is 9.06. The van der Waals surface area contributed by atoms with Crippen molar-refractivity contribution in [1.82, 2.24) is 0 Å². The molecule has 90 valence electrons. The molecule has 0 unspecified atom stereocenters. The van der Waals surface area contributed by atoms with Gasteiger partial charge in [-0.15, -0.1) is 0 Å². The van der Waals surface area contributed by atoms with E-state index in [9.17, 15) is 19.3 Å². The highest BCUT2D eigenvalue weighted by molar-refractivity contribution is 5.94. The molecule has 8 heteroatoms. The number of nitriles is 2. The average molecular weight is 248 g/mol. The Kier molecular flexibility index (Phi) is 3.89. The number of amides is 1. The van der Waals surface area contributed by atoms with Crippen molar-refractivity contribution in [3.05, 3.63) is 33.6 Å². The fraction of sp³-hybridized carbons (Fsp3) is 0.100. The molecule has 18 heavy (non-hydrogen) atoms. The second-order valence-electron chi connectivity index (χ2n) is 3.10. The van der Waals surface area contributed by atoms with Crippen LogP contribution in [0.1, 0.15) is 12.0 Å². The fourth-order valence-corrected chi connectivity index (χ4v) is 1.16. The maximum Gasteiger partial charge on any atom is 0.294 e. The van der Waals surface area contributed by atoms with Crippen LogP contribution in [0.15, 0.2) is 12.1 Å². The molecule has 0 heterocycles. The van der Waals surface area contributed by atoms with Crippen molar-refractivity contribution in [3.63, 3.8) is 0 Å². The van der Waals surface area contributed by atoms with Crippen LogP contribution in [0.4, 0.5) is 15.8 Å². The highest BCUT2D eigenvalue weighted by Gasteiger charge is 2.19. The summed E-state index contributed by atoms with van der Waals surface area (Å²) in [7, 11) is 0. The summed E-state index contributed by atoms with van der Waals surface area (Å²) in [5.74, 6) is -1.79. The van der Waals surface area contributed by atoms with Crippen molar-refractivity contribution in [2.45, 2.75) is 6.42 Å². The maximum absolute atomic E-state index is 13.3. The van der Waals surface area contributed by atoms with Crippen LogP contribution < -0.4 is 5.32 Å². The number of rotatable bonds is 3. The molecule has 1 N–H and O–H groups in total. The van der Waals surface area contributed by atoms with Crippen molar-refractivity contribution in [1.29, 1.82) is 10.5 Å². The van der Waals surface area contributed by atoms with Gasteiger partial charge in [-0.05, 0) is 0 Å². The van der Waals surface area contributed by atoms with Crippen molar-refractivity contribution in [3.8, 4) is 12.1 Å². The van der Waals surface area contributed by atoms with Gasteiger partial charge in [0.25, 0.3) is 5.69 Å². The van der Waals surface area contributed by atoms with Crippen LogP contribution >= 0.6 is 0 Å². The van der Waals surface area contributed by atoms with Crippen LogP contribution in [-0.4, -0.2) is 10.8 Å². The van der Waals surface area contributed by atoms with Crippen molar-refractivity contribution in [2.24, 2.45) is 0 Å². The van der Waals surface area contributed by atoms with Gasteiger partial charge >= 0.3 is 0 Å². The Hall–Kier alpha value is -3.00. The Morgan fingerprint density at radius 3 is 2.67 bits per heavy atom. The van der Waals surface area contributed by atoms with Crippen LogP contribution in [-0.2, 0) is 4.79 Å². The SMILES string of the molecule is N#CCC(=O)Nc1cc(F)c(C#N)cc1[N+](=O)[O-].